The Morgan fingerprint density at radius 1 is 1.16 bits per heavy atom. The Kier molecular flexibility index (Phi) is 7.83. The summed E-state index contributed by atoms with van der Waals surface area (Å²) in [5, 5.41) is 5.45. The molecule has 0 aromatic heterocycles. The van der Waals surface area contributed by atoms with Crippen LogP contribution in [0.15, 0.2) is 47.4 Å². The summed E-state index contributed by atoms with van der Waals surface area (Å²) < 4.78 is 46.3. The maximum Gasteiger partial charge on any atom is 0.309 e. The van der Waals surface area contributed by atoms with Crippen LogP contribution in [-0.2, 0) is 30.9 Å². The first kappa shape index (κ1) is 24.1. The number of benzene rings is 2. The zero-order valence-corrected chi connectivity index (χ0v) is 18.9. The van der Waals surface area contributed by atoms with Crippen molar-refractivity contribution in [2.75, 3.05) is 19.7 Å². The zero-order chi connectivity index (χ0) is 23.3. The minimum absolute atomic E-state index is 0.0403. The second-order valence-corrected chi connectivity index (χ2v) is 9.52. The second kappa shape index (κ2) is 10.4. The smallest absolute Gasteiger partial charge is 0.309 e. The number of ether oxygens (including phenoxy) is 1. The number of hydrogen-bond donors (Lipinski definition) is 2. The van der Waals surface area contributed by atoms with Gasteiger partial charge in [-0.2, -0.15) is 4.31 Å². The van der Waals surface area contributed by atoms with Gasteiger partial charge in [0.25, 0.3) is 0 Å². The van der Waals surface area contributed by atoms with E-state index in [-0.39, 0.29) is 30.1 Å². The molecule has 11 heteroatoms. The number of carbonyl (C=O) groups is 2. The number of rotatable bonds is 6. The van der Waals surface area contributed by atoms with Crippen LogP contribution in [0.4, 0.5) is 4.39 Å². The maximum atomic E-state index is 13.4. The van der Waals surface area contributed by atoms with Crippen LogP contribution in [-0.4, -0.2) is 50.5 Å². The molecule has 1 heterocycles. The molecule has 2 aromatic carbocycles. The number of nitrogens with one attached hydrogen (secondary N) is 2. The van der Waals surface area contributed by atoms with Crippen LogP contribution >= 0.6 is 11.6 Å². The lowest BCUT2D eigenvalue weighted by atomic mass is 10.2. The number of sulfonamides is 1. The van der Waals surface area contributed by atoms with Crippen molar-refractivity contribution in [3.05, 3.63) is 64.4 Å². The minimum Gasteiger partial charge on any atom is -0.360 e. The fourth-order valence-electron chi connectivity index (χ4n) is 3.26. The van der Waals surface area contributed by atoms with Gasteiger partial charge in [-0.1, -0.05) is 23.7 Å². The van der Waals surface area contributed by atoms with Gasteiger partial charge in [0.05, 0.1) is 18.0 Å². The average molecular weight is 484 g/mol. The van der Waals surface area contributed by atoms with E-state index in [0.717, 1.165) is 22.0 Å². The highest BCUT2D eigenvalue weighted by Gasteiger charge is 2.35. The third-order valence-electron chi connectivity index (χ3n) is 4.89. The molecule has 1 aliphatic rings. The molecular weight excluding hydrogens is 461 g/mol. The van der Waals surface area contributed by atoms with E-state index < -0.39 is 33.9 Å². The van der Waals surface area contributed by atoms with Crippen LogP contribution in [0.3, 0.4) is 0 Å². The molecule has 2 amide bonds. The Bertz CT molecular complexity index is 1100. The summed E-state index contributed by atoms with van der Waals surface area (Å²) in [7, 11) is -4.00. The molecule has 1 fully saturated rings. The molecule has 32 heavy (non-hydrogen) atoms. The largest absolute Gasteiger partial charge is 0.360 e. The predicted molar refractivity (Wildman–Crippen MR) is 116 cm³/mol. The van der Waals surface area contributed by atoms with Gasteiger partial charge in [0.2, 0.25) is 10.0 Å². The van der Waals surface area contributed by atoms with Crippen LogP contribution in [0.5, 0.6) is 0 Å². The lowest BCUT2D eigenvalue weighted by molar-refractivity contribution is -0.140. The third kappa shape index (κ3) is 5.83. The van der Waals surface area contributed by atoms with Crippen molar-refractivity contribution in [2.45, 2.75) is 31.0 Å². The fourth-order valence-corrected chi connectivity index (χ4v) is 5.16. The van der Waals surface area contributed by atoms with E-state index in [2.05, 4.69) is 10.6 Å². The Hall–Kier alpha value is -2.53. The van der Waals surface area contributed by atoms with E-state index in [1.165, 1.54) is 13.0 Å². The molecule has 2 aromatic rings. The van der Waals surface area contributed by atoms with Gasteiger partial charge in [0.1, 0.15) is 12.0 Å². The lowest BCUT2D eigenvalue weighted by Crippen LogP contribution is -2.53. The first-order valence-electron chi connectivity index (χ1n) is 9.88. The third-order valence-corrected chi connectivity index (χ3v) is 7.19. The van der Waals surface area contributed by atoms with E-state index in [4.69, 9.17) is 16.3 Å². The highest BCUT2D eigenvalue weighted by Crippen LogP contribution is 2.25. The summed E-state index contributed by atoms with van der Waals surface area (Å²) in [4.78, 5) is 24.2. The molecule has 0 aliphatic carbocycles. The summed E-state index contributed by atoms with van der Waals surface area (Å²) in [6.45, 7) is 1.89. The quantitative estimate of drug-likeness (QED) is 0.611. The van der Waals surface area contributed by atoms with E-state index in [0.29, 0.717) is 18.1 Å². The summed E-state index contributed by atoms with van der Waals surface area (Å²) in [6.07, 6.45) is -0.530. The van der Waals surface area contributed by atoms with Crippen molar-refractivity contribution in [3.63, 3.8) is 0 Å². The van der Waals surface area contributed by atoms with Crippen molar-refractivity contribution < 1.29 is 27.1 Å². The summed E-state index contributed by atoms with van der Waals surface area (Å²) in [5.74, 6) is -2.31. The normalized spacial score (nSPS) is 17.0. The van der Waals surface area contributed by atoms with Gasteiger partial charge in [-0.25, -0.2) is 12.8 Å². The van der Waals surface area contributed by atoms with Gasteiger partial charge in [-0.05, 0) is 54.8 Å². The molecule has 0 spiro atoms. The highest BCUT2D eigenvalue weighted by atomic mass is 35.5. The molecule has 0 saturated carbocycles. The summed E-state index contributed by atoms with van der Waals surface area (Å²) in [5.41, 5.74) is 1.03. The van der Waals surface area contributed by atoms with Gasteiger partial charge in [0.15, 0.2) is 0 Å². The highest BCUT2D eigenvalue weighted by molar-refractivity contribution is 7.89. The second-order valence-electron chi connectivity index (χ2n) is 7.22. The van der Waals surface area contributed by atoms with Crippen molar-refractivity contribution in [2.24, 2.45) is 0 Å². The first-order chi connectivity index (χ1) is 15.2. The van der Waals surface area contributed by atoms with Crippen LogP contribution in [0.25, 0.3) is 0 Å². The van der Waals surface area contributed by atoms with Gasteiger partial charge >= 0.3 is 11.8 Å². The lowest BCUT2D eigenvalue weighted by Gasteiger charge is -2.34. The topological polar surface area (TPSA) is 105 Å². The minimum atomic E-state index is -4.00. The van der Waals surface area contributed by atoms with E-state index in [1.807, 2.05) is 0 Å². The van der Waals surface area contributed by atoms with Crippen LogP contribution in [0.2, 0.25) is 5.02 Å². The zero-order valence-electron chi connectivity index (χ0n) is 17.3. The first-order valence-corrected chi connectivity index (χ1v) is 11.7. The molecular formula is C21H23ClFN3O5S. The number of amides is 2. The molecule has 1 unspecified atom stereocenters. The van der Waals surface area contributed by atoms with Crippen LogP contribution in [0.1, 0.15) is 17.5 Å². The SMILES string of the molecule is Cc1cc(F)ccc1S(=O)(=O)N1CCCOC1CNC(=O)C(=O)NCc1ccc(Cl)cc1. The standard InChI is InChI=1S/C21H23ClFN3O5S/c1-14-11-17(23)7-8-18(14)32(29,30)26-9-2-10-31-19(26)13-25-21(28)20(27)24-12-15-3-5-16(22)6-4-15/h3-8,11,19H,2,9-10,12-13H2,1H3,(H,24,27)(H,25,28). The Morgan fingerprint density at radius 2 is 1.84 bits per heavy atom. The summed E-state index contributed by atoms with van der Waals surface area (Å²) >= 11 is 5.81. The van der Waals surface area contributed by atoms with E-state index in [1.54, 1.807) is 24.3 Å². The number of carbonyl (C=O) groups excluding carboxylic acids is 2. The maximum absolute atomic E-state index is 13.4. The fraction of sp³-hybridized carbons (Fsp3) is 0.333. The Labute approximate surface area is 190 Å². The van der Waals surface area contributed by atoms with Crippen molar-refractivity contribution >= 4 is 33.4 Å². The Morgan fingerprint density at radius 3 is 2.53 bits per heavy atom. The van der Waals surface area contributed by atoms with Crippen molar-refractivity contribution in [1.29, 1.82) is 0 Å². The number of halogens is 2. The van der Waals surface area contributed by atoms with Crippen LogP contribution < -0.4 is 10.6 Å². The summed E-state index contributed by atoms with van der Waals surface area (Å²) in [6, 6.07) is 10.2. The average Bonchev–Trinajstić information content (AvgIpc) is 2.76. The van der Waals surface area contributed by atoms with Gasteiger partial charge in [0, 0.05) is 18.1 Å². The number of nitrogens with zero attached hydrogens (tertiary/aromatic N) is 1. The predicted octanol–water partition coefficient (Wildman–Crippen LogP) is 1.96. The van der Waals surface area contributed by atoms with Gasteiger partial charge in [-0.15, -0.1) is 0 Å². The molecule has 1 saturated heterocycles. The number of aryl methyl sites for hydroxylation is 1. The van der Waals surface area contributed by atoms with Gasteiger partial charge < -0.3 is 15.4 Å². The van der Waals surface area contributed by atoms with E-state index in [9.17, 15) is 22.4 Å². The van der Waals surface area contributed by atoms with Crippen molar-refractivity contribution in [1.82, 2.24) is 14.9 Å². The van der Waals surface area contributed by atoms with Gasteiger partial charge in [-0.3, -0.25) is 9.59 Å². The van der Waals surface area contributed by atoms with Crippen molar-refractivity contribution in [3.8, 4) is 0 Å². The molecule has 0 radical (unpaired) electrons. The molecule has 1 atom stereocenters. The molecule has 3 rings (SSSR count). The molecule has 172 valence electrons. The van der Waals surface area contributed by atoms with Crippen LogP contribution in [0, 0.1) is 12.7 Å². The molecule has 0 bridgehead atoms. The Balaban J connectivity index is 1.61. The number of hydrogen-bond acceptors (Lipinski definition) is 5. The molecule has 1 aliphatic heterocycles. The monoisotopic (exact) mass is 483 g/mol. The molecule has 8 nitrogen and oxygen atoms in total. The van der Waals surface area contributed by atoms with E-state index >= 15 is 0 Å². The molecule has 2 N–H and O–H groups in total.